The van der Waals surface area contributed by atoms with E-state index in [4.69, 9.17) is 19.3 Å². The third-order valence-corrected chi connectivity index (χ3v) is 6.07. The number of hydrogen-bond acceptors (Lipinski definition) is 7. The number of aliphatic hydroxyl groups is 1. The van der Waals surface area contributed by atoms with Crippen LogP contribution in [0.1, 0.15) is 36.6 Å². The van der Waals surface area contributed by atoms with Gasteiger partial charge in [0, 0.05) is 43.0 Å². The maximum absolute atomic E-state index is 9.71. The Morgan fingerprint density at radius 1 is 1.29 bits per heavy atom. The van der Waals surface area contributed by atoms with Crippen LogP contribution in [-0.2, 0) is 17.6 Å². The van der Waals surface area contributed by atoms with Gasteiger partial charge in [0.05, 0.1) is 50.6 Å². The van der Waals surface area contributed by atoms with E-state index < -0.39 is 0 Å². The normalized spacial score (nSPS) is 20.7. The molecular formula is C23H34N4O4. The molecule has 2 atom stereocenters. The molecule has 0 radical (unpaired) electrons. The Labute approximate surface area is 184 Å². The highest BCUT2D eigenvalue weighted by molar-refractivity contribution is 5.43. The van der Waals surface area contributed by atoms with Gasteiger partial charge in [0.25, 0.3) is 0 Å². The van der Waals surface area contributed by atoms with Gasteiger partial charge in [-0.1, -0.05) is 0 Å². The second-order valence-electron chi connectivity index (χ2n) is 8.70. The molecule has 2 aromatic rings. The van der Waals surface area contributed by atoms with Gasteiger partial charge in [0.1, 0.15) is 0 Å². The van der Waals surface area contributed by atoms with E-state index in [-0.39, 0.29) is 6.10 Å². The van der Waals surface area contributed by atoms with Gasteiger partial charge in [-0.05, 0) is 39.3 Å². The maximum atomic E-state index is 9.71. The lowest BCUT2D eigenvalue weighted by molar-refractivity contribution is 0.0786. The molecule has 170 valence electrons. The zero-order valence-electron chi connectivity index (χ0n) is 18.8. The van der Waals surface area contributed by atoms with Crippen LogP contribution in [0.5, 0.6) is 11.8 Å². The van der Waals surface area contributed by atoms with Crippen LogP contribution in [0.2, 0.25) is 0 Å². The smallest absolute Gasteiger partial charge is 0.236 e. The SMILES string of the molecule is COc1ncc(-n2nc(OC[C@H]3CCCN(C[C@H](C)O)C3)c3c2CCOCC3)cc1C. The molecule has 1 N–H and O–H groups in total. The molecule has 0 spiro atoms. The predicted molar refractivity (Wildman–Crippen MR) is 117 cm³/mol. The van der Waals surface area contributed by atoms with Crippen molar-refractivity contribution in [3.05, 3.63) is 29.1 Å². The van der Waals surface area contributed by atoms with Crippen molar-refractivity contribution < 1.29 is 19.3 Å². The lowest BCUT2D eigenvalue weighted by Gasteiger charge is -2.33. The van der Waals surface area contributed by atoms with Gasteiger partial charge < -0.3 is 24.2 Å². The Balaban J connectivity index is 1.53. The number of rotatable bonds is 7. The van der Waals surface area contributed by atoms with Gasteiger partial charge in [0.2, 0.25) is 11.8 Å². The summed E-state index contributed by atoms with van der Waals surface area (Å²) in [4.78, 5) is 6.76. The number of aromatic nitrogens is 3. The Morgan fingerprint density at radius 3 is 2.90 bits per heavy atom. The maximum Gasteiger partial charge on any atom is 0.236 e. The van der Waals surface area contributed by atoms with E-state index in [2.05, 4.69) is 9.88 Å². The fourth-order valence-corrected chi connectivity index (χ4v) is 4.65. The van der Waals surface area contributed by atoms with Crippen LogP contribution in [0.25, 0.3) is 5.69 Å². The first-order valence-corrected chi connectivity index (χ1v) is 11.3. The average Bonchev–Trinajstić information content (AvgIpc) is 2.92. The van der Waals surface area contributed by atoms with Gasteiger partial charge in [-0.25, -0.2) is 9.67 Å². The van der Waals surface area contributed by atoms with Crippen molar-refractivity contribution in [2.75, 3.05) is 46.6 Å². The summed E-state index contributed by atoms with van der Waals surface area (Å²) in [5.74, 6) is 1.78. The van der Waals surface area contributed by atoms with Crippen LogP contribution >= 0.6 is 0 Å². The molecule has 1 saturated heterocycles. The number of likely N-dealkylation sites (tertiary alicyclic amines) is 1. The van der Waals surface area contributed by atoms with E-state index in [1.807, 2.05) is 24.6 Å². The van der Waals surface area contributed by atoms with Crippen LogP contribution in [0.4, 0.5) is 0 Å². The zero-order chi connectivity index (χ0) is 21.8. The summed E-state index contributed by atoms with van der Waals surface area (Å²) in [6.45, 7) is 8.56. The summed E-state index contributed by atoms with van der Waals surface area (Å²) < 4.78 is 19.3. The van der Waals surface area contributed by atoms with Crippen LogP contribution in [-0.4, -0.2) is 77.4 Å². The van der Waals surface area contributed by atoms with Gasteiger partial charge in [-0.15, -0.1) is 5.10 Å². The van der Waals surface area contributed by atoms with Gasteiger partial charge in [0.15, 0.2) is 0 Å². The standard InChI is InChI=1S/C23H34N4O4/c1-16-11-19(12-24-22(16)29-3)27-21-7-10-30-9-6-20(21)23(25-27)31-15-18-5-4-8-26(14-18)13-17(2)28/h11-12,17-18,28H,4-10,13-15H2,1-3H3/t17-,18-/m0/s1. The second-order valence-corrected chi connectivity index (χ2v) is 8.70. The topological polar surface area (TPSA) is 81.9 Å². The summed E-state index contributed by atoms with van der Waals surface area (Å²) in [6, 6.07) is 2.05. The molecule has 8 nitrogen and oxygen atoms in total. The monoisotopic (exact) mass is 430 g/mol. The minimum Gasteiger partial charge on any atom is -0.481 e. The van der Waals surface area contributed by atoms with Gasteiger partial charge in [-0.2, -0.15) is 0 Å². The molecule has 0 bridgehead atoms. The summed E-state index contributed by atoms with van der Waals surface area (Å²) >= 11 is 0. The van der Waals surface area contributed by atoms with E-state index in [1.54, 1.807) is 13.3 Å². The number of methoxy groups -OCH3 is 1. The minimum atomic E-state index is -0.298. The number of pyridine rings is 1. The highest BCUT2D eigenvalue weighted by Gasteiger charge is 2.25. The highest BCUT2D eigenvalue weighted by Crippen LogP contribution is 2.29. The van der Waals surface area contributed by atoms with E-state index in [0.29, 0.717) is 37.5 Å². The van der Waals surface area contributed by atoms with Crippen molar-refractivity contribution in [1.82, 2.24) is 19.7 Å². The molecule has 1 fully saturated rings. The van der Waals surface area contributed by atoms with Crippen LogP contribution in [0.15, 0.2) is 12.3 Å². The van der Waals surface area contributed by atoms with Crippen molar-refractivity contribution in [2.45, 2.75) is 45.6 Å². The number of ether oxygens (including phenoxy) is 3. The lowest BCUT2D eigenvalue weighted by atomic mass is 9.99. The average molecular weight is 431 g/mol. The van der Waals surface area contributed by atoms with Crippen LogP contribution in [0.3, 0.4) is 0 Å². The Bertz CT molecular complexity index is 883. The molecule has 0 amide bonds. The van der Waals surface area contributed by atoms with Crippen LogP contribution in [0, 0.1) is 12.8 Å². The zero-order valence-corrected chi connectivity index (χ0v) is 18.8. The molecule has 31 heavy (non-hydrogen) atoms. The predicted octanol–water partition coefficient (Wildman–Crippen LogP) is 2.17. The molecule has 0 aliphatic carbocycles. The van der Waals surface area contributed by atoms with E-state index >= 15 is 0 Å². The van der Waals surface area contributed by atoms with E-state index in [0.717, 1.165) is 67.8 Å². The first-order chi connectivity index (χ1) is 15.0. The fourth-order valence-electron chi connectivity index (χ4n) is 4.65. The number of fused-ring (bicyclic) bond motifs is 1. The molecule has 0 aromatic carbocycles. The van der Waals surface area contributed by atoms with Crippen molar-refractivity contribution >= 4 is 0 Å². The quantitative estimate of drug-likeness (QED) is 0.721. The second kappa shape index (κ2) is 9.97. The highest BCUT2D eigenvalue weighted by atomic mass is 16.5. The van der Waals surface area contributed by atoms with E-state index in [9.17, 15) is 5.11 Å². The first-order valence-electron chi connectivity index (χ1n) is 11.3. The third kappa shape index (κ3) is 5.19. The van der Waals surface area contributed by atoms with Crippen molar-refractivity contribution in [2.24, 2.45) is 5.92 Å². The first kappa shape index (κ1) is 22.0. The summed E-state index contributed by atoms with van der Waals surface area (Å²) in [6.07, 6.45) is 5.37. The molecule has 4 heterocycles. The summed E-state index contributed by atoms with van der Waals surface area (Å²) in [5, 5.41) is 14.6. The van der Waals surface area contributed by atoms with E-state index in [1.165, 1.54) is 0 Å². The number of aryl methyl sites for hydroxylation is 1. The molecule has 0 unspecified atom stereocenters. The number of β-amino-alcohol motifs (C(OH)–C–C–N with tert-alkyl or cyclic N) is 1. The summed E-state index contributed by atoms with van der Waals surface area (Å²) in [7, 11) is 1.63. The molecule has 2 aliphatic heterocycles. The van der Waals surface area contributed by atoms with Crippen molar-refractivity contribution in [3.8, 4) is 17.4 Å². The molecule has 0 saturated carbocycles. The number of hydrogen-bond donors (Lipinski definition) is 1. The van der Waals surface area contributed by atoms with Crippen LogP contribution < -0.4 is 9.47 Å². The number of piperidine rings is 1. The lowest BCUT2D eigenvalue weighted by Crippen LogP contribution is -2.41. The largest absolute Gasteiger partial charge is 0.481 e. The van der Waals surface area contributed by atoms with Gasteiger partial charge >= 0.3 is 0 Å². The number of nitrogens with zero attached hydrogens (tertiary/aromatic N) is 4. The Kier molecular flexibility index (Phi) is 7.09. The molecular weight excluding hydrogens is 396 g/mol. The third-order valence-electron chi connectivity index (χ3n) is 6.07. The number of aliphatic hydroxyl groups excluding tert-OH is 1. The van der Waals surface area contributed by atoms with Crippen molar-refractivity contribution in [1.29, 1.82) is 0 Å². The van der Waals surface area contributed by atoms with Gasteiger partial charge in [-0.3, -0.25) is 0 Å². The van der Waals surface area contributed by atoms with Crippen molar-refractivity contribution in [3.63, 3.8) is 0 Å². The Hall–Kier alpha value is -2.16. The molecule has 8 heteroatoms. The molecule has 2 aromatic heterocycles. The summed E-state index contributed by atoms with van der Waals surface area (Å²) in [5.41, 5.74) is 4.16. The fraction of sp³-hybridized carbons (Fsp3) is 0.652. The molecule has 2 aliphatic rings. The molecule has 4 rings (SSSR count). The minimum absolute atomic E-state index is 0.298. The Morgan fingerprint density at radius 2 is 2.13 bits per heavy atom.